The second-order valence-corrected chi connectivity index (χ2v) is 5.32. The molecule has 0 aliphatic heterocycles. The van der Waals surface area contributed by atoms with E-state index in [0.717, 1.165) is 34.2 Å². The zero-order valence-electron chi connectivity index (χ0n) is 8.37. The van der Waals surface area contributed by atoms with Crippen molar-refractivity contribution in [2.24, 2.45) is 5.73 Å². The number of thiocarbonyl (C=S) groups is 1. The number of hydrogen-bond donors (Lipinski definition) is 1. The van der Waals surface area contributed by atoms with E-state index in [0.29, 0.717) is 4.99 Å². The normalized spacial score (nSPS) is 10.4. The van der Waals surface area contributed by atoms with Gasteiger partial charge in [0.05, 0.1) is 10.6 Å². The van der Waals surface area contributed by atoms with Crippen LogP contribution in [0.25, 0.3) is 0 Å². The summed E-state index contributed by atoms with van der Waals surface area (Å²) >= 11 is 8.41. The van der Waals surface area contributed by atoms with Crippen LogP contribution in [0.4, 0.5) is 0 Å². The average Bonchev–Trinajstić information content (AvgIpc) is 2.49. The largest absolute Gasteiger partial charge is 0.389 e. The van der Waals surface area contributed by atoms with Gasteiger partial charge in [-0.1, -0.05) is 25.6 Å². The van der Waals surface area contributed by atoms with Crippen molar-refractivity contribution in [2.45, 2.75) is 25.5 Å². The highest BCUT2D eigenvalue weighted by molar-refractivity contribution is 7.97. The van der Waals surface area contributed by atoms with Gasteiger partial charge in [0.1, 0.15) is 10.00 Å². The van der Waals surface area contributed by atoms with Crippen LogP contribution >= 0.6 is 35.3 Å². The Balaban J connectivity index is 2.93. The Labute approximate surface area is 98.3 Å². The maximum absolute atomic E-state index is 5.65. The van der Waals surface area contributed by atoms with Gasteiger partial charge in [0, 0.05) is 5.75 Å². The van der Waals surface area contributed by atoms with Gasteiger partial charge in [0.2, 0.25) is 0 Å². The van der Waals surface area contributed by atoms with E-state index in [1.54, 1.807) is 23.1 Å². The molecule has 0 aliphatic carbocycles. The van der Waals surface area contributed by atoms with Crippen molar-refractivity contribution in [1.29, 1.82) is 0 Å². The van der Waals surface area contributed by atoms with Crippen LogP contribution in [-0.2, 0) is 12.2 Å². The van der Waals surface area contributed by atoms with E-state index in [4.69, 9.17) is 18.0 Å². The predicted octanol–water partition coefficient (Wildman–Crippen LogP) is 2.59. The number of aromatic nitrogens is 1. The van der Waals surface area contributed by atoms with E-state index in [1.807, 2.05) is 0 Å². The summed E-state index contributed by atoms with van der Waals surface area (Å²) in [6.07, 6.45) is 4.12. The molecular formula is C9H14N2S3. The molecule has 2 nitrogen and oxygen atoms in total. The van der Waals surface area contributed by atoms with E-state index in [2.05, 4.69) is 18.2 Å². The van der Waals surface area contributed by atoms with Crippen molar-refractivity contribution >= 4 is 40.3 Å². The number of nitrogens with two attached hydrogens (primary N) is 1. The molecular weight excluding hydrogens is 232 g/mol. The van der Waals surface area contributed by atoms with Gasteiger partial charge in [-0.2, -0.15) is 11.8 Å². The van der Waals surface area contributed by atoms with E-state index in [9.17, 15) is 0 Å². The minimum absolute atomic E-state index is 0.485. The smallest absolute Gasteiger partial charge is 0.116 e. The number of hydrogen-bond acceptors (Lipinski definition) is 4. The highest BCUT2D eigenvalue weighted by Crippen LogP contribution is 2.22. The summed E-state index contributed by atoms with van der Waals surface area (Å²) in [5.74, 6) is 0.948. The molecule has 14 heavy (non-hydrogen) atoms. The van der Waals surface area contributed by atoms with Crippen molar-refractivity contribution in [2.75, 3.05) is 6.26 Å². The van der Waals surface area contributed by atoms with E-state index >= 15 is 0 Å². The lowest BCUT2D eigenvalue weighted by atomic mass is 10.2. The molecule has 0 bridgehead atoms. The standard InChI is InChI=1S/C9H14N2S3/c1-3-4-6-8(9(10)12)14-7(11-6)5-13-2/h3-5H2,1-2H3,(H2,10,12). The fraction of sp³-hybridized carbons (Fsp3) is 0.556. The zero-order chi connectivity index (χ0) is 10.6. The van der Waals surface area contributed by atoms with Crippen LogP contribution in [0, 0.1) is 0 Å². The quantitative estimate of drug-likeness (QED) is 0.811. The summed E-state index contributed by atoms with van der Waals surface area (Å²) in [6, 6.07) is 0. The topological polar surface area (TPSA) is 38.9 Å². The van der Waals surface area contributed by atoms with E-state index in [1.165, 1.54) is 0 Å². The zero-order valence-corrected chi connectivity index (χ0v) is 10.8. The Kier molecular flexibility index (Phi) is 4.84. The minimum Gasteiger partial charge on any atom is -0.389 e. The fourth-order valence-corrected chi connectivity index (χ4v) is 3.09. The number of thiazole rings is 1. The maximum atomic E-state index is 5.65. The first kappa shape index (κ1) is 11.9. The Morgan fingerprint density at radius 3 is 2.86 bits per heavy atom. The van der Waals surface area contributed by atoms with Crippen LogP contribution in [-0.4, -0.2) is 16.2 Å². The molecule has 0 atom stereocenters. The first-order valence-corrected chi connectivity index (χ1v) is 7.08. The first-order valence-electron chi connectivity index (χ1n) is 4.46. The summed E-state index contributed by atoms with van der Waals surface area (Å²) in [5, 5.41) is 1.13. The molecule has 2 N–H and O–H groups in total. The van der Waals surface area contributed by atoms with Crippen LogP contribution in [0.5, 0.6) is 0 Å². The van der Waals surface area contributed by atoms with Gasteiger partial charge in [-0.05, 0) is 12.7 Å². The van der Waals surface area contributed by atoms with Gasteiger partial charge in [-0.25, -0.2) is 4.98 Å². The van der Waals surface area contributed by atoms with Gasteiger partial charge in [0.25, 0.3) is 0 Å². The summed E-state index contributed by atoms with van der Waals surface area (Å²) < 4.78 is 0. The third kappa shape index (κ3) is 2.93. The molecule has 0 saturated heterocycles. The Morgan fingerprint density at radius 1 is 1.64 bits per heavy atom. The fourth-order valence-electron chi connectivity index (χ4n) is 1.18. The third-order valence-electron chi connectivity index (χ3n) is 1.72. The molecule has 0 fully saturated rings. The maximum Gasteiger partial charge on any atom is 0.116 e. The van der Waals surface area contributed by atoms with Crippen molar-refractivity contribution in [3.8, 4) is 0 Å². The first-order chi connectivity index (χ1) is 6.69. The lowest BCUT2D eigenvalue weighted by Gasteiger charge is -1.96. The summed E-state index contributed by atoms with van der Waals surface area (Å²) in [7, 11) is 0. The molecule has 1 aromatic rings. The SMILES string of the molecule is CCCc1nc(CSC)sc1C(N)=S. The van der Waals surface area contributed by atoms with Crippen LogP contribution < -0.4 is 5.73 Å². The second kappa shape index (κ2) is 5.68. The number of rotatable bonds is 5. The van der Waals surface area contributed by atoms with Gasteiger partial charge in [0.15, 0.2) is 0 Å². The Hall–Kier alpha value is -0.130. The molecule has 0 aromatic carbocycles. The van der Waals surface area contributed by atoms with Gasteiger partial charge >= 0.3 is 0 Å². The van der Waals surface area contributed by atoms with Crippen molar-refractivity contribution in [3.05, 3.63) is 15.6 Å². The molecule has 1 aromatic heterocycles. The van der Waals surface area contributed by atoms with Gasteiger partial charge < -0.3 is 5.73 Å². The lowest BCUT2D eigenvalue weighted by molar-refractivity contribution is 0.885. The molecule has 1 heterocycles. The Bertz CT molecular complexity index is 320. The summed E-state index contributed by atoms with van der Waals surface area (Å²) in [5.41, 5.74) is 6.73. The van der Waals surface area contributed by atoms with Crippen molar-refractivity contribution < 1.29 is 0 Å². The molecule has 0 unspecified atom stereocenters. The molecule has 78 valence electrons. The monoisotopic (exact) mass is 246 g/mol. The van der Waals surface area contributed by atoms with Crippen LogP contribution in [0.1, 0.15) is 28.9 Å². The molecule has 5 heteroatoms. The molecule has 1 rings (SSSR count). The minimum atomic E-state index is 0.485. The molecule has 0 aliphatic rings. The molecule has 0 amide bonds. The predicted molar refractivity (Wildman–Crippen MR) is 69.2 cm³/mol. The van der Waals surface area contributed by atoms with Crippen LogP contribution in [0.15, 0.2) is 0 Å². The van der Waals surface area contributed by atoms with Crippen LogP contribution in [0.3, 0.4) is 0 Å². The highest BCUT2D eigenvalue weighted by atomic mass is 32.2. The second-order valence-electron chi connectivity index (χ2n) is 2.93. The van der Waals surface area contributed by atoms with E-state index in [-0.39, 0.29) is 0 Å². The molecule has 0 spiro atoms. The number of aryl methyl sites for hydroxylation is 1. The molecule has 0 saturated carbocycles. The lowest BCUT2D eigenvalue weighted by Crippen LogP contribution is -2.09. The van der Waals surface area contributed by atoms with Crippen molar-refractivity contribution in [1.82, 2.24) is 4.98 Å². The number of thioether (sulfide) groups is 1. The summed E-state index contributed by atoms with van der Waals surface area (Å²) in [6.45, 7) is 2.14. The number of nitrogens with zero attached hydrogens (tertiary/aromatic N) is 1. The molecule has 0 radical (unpaired) electrons. The summed E-state index contributed by atoms with van der Waals surface area (Å²) in [4.78, 5) is 6.03. The van der Waals surface area contributed by atoms with Gasteiger partial charge in [-0.15, -0.1) is 11.3 Å². The average molecular weight is 246 g/mol. The highest BCUT2D eigenvalue weighted by Gasteiger charge is 2.11. The van der Waals surface area contributed by atoms with E-state index < -0.39 is 0 Å². The third-order valence-corrected chi connectivity index (χ3v) is 3.93. The Morgan fingerprint density at radius 2 is 2.36 bits per heavy atom. The van der Waals surface area contributed by atoms with Gasteiger partial charge in [-0.3, -0.25) is 0 Å². The van der Waals surface area contributed by atoms with Crippen molar-refractivity contribution in [3.63, 3.8) is 0 Å². The van der Waals surface area contributed by atoms with Crippen LogP contribution in [0.2, 0.25) is 0 Å².